The topological polar surface area (TPSA) is 35.0 Å². The number of ether oxygens (including phenoxy) is 1. The Morgan fingerprint density at radius 1 is 1.26 bits per heavy atom. The highest BCUT2D eigenvalue weighted by molar-refractivity contribution is 7.20. The minimum absolute atomic E-state index is 0.0369. The Hall–Kier alpha value is -1.65. The number of hydrogen-bond donors (Lipinski definition) is 0. The third-order valence-electron chi connectivity index (χ3n) is 2.77. The molecule has 3 aromatic rings. The van der Waals surface area contributed by atoms with E-state index in [9.17, 15) is 0 Å². The van der Waals surface area contributed by atoms with Crippen molar-refractivity contribution in [3.8, 4) is 5.19 Å². The summed E-state index contributed by atoms with van der Waals surface area (Å²) in [5, 5.41) is 1.08. The SMILES string of the molecule is C[C@@H](Oc1nc2cc(Cl)ncc2s1)c1ccccc1. The number of hydrogen-bond acceptors (Lipinski definition) is 4. The predicted molar refractivity (Wildman–Crippen MR) is 77.9 cm³/mol. The van der Waals surface area contributed by atoms with Crippen LogP contribution in [0.15, 0.2) is 42.6 Å². The fraction of sp³-hybridized carbons (Fsp3) is 0.143. The van der Waals surface area contributed by atoms with Crippen molar-refractivity contribution in [1.82, 2.24) is 9.97 Å². The zero-order valence-corrected chi connectivity index (χ0v) is 11.8. The van der Waals surface area contributed by atoms with Gasteiger partial charge in [-0.25, -0.2) is 9.97 Å². The molecule has 5 heteroatoms. The number of benzene rings is 1. The summed E-state index contributed by atoms with van der Waals surface area (Å²) in [6, 6.07) is 11.8. The van der Waals surface area contributed by atoms with Crippen molar-refractivity contribution in [3.05, 3.63) is 53.3 Å². The molecular weight excluding hydrogens is 280 g/mol. The van der Waals surface area contributed by atoms with Crippen molar-refractivity contribution in [3.63, 3.8) is 0 Å². The Morgan fingerprint density at radius 2 is 2.05 bits per heavy atom. The summed E-state index contributed by atoms with van der Waals surface area (Å²) in [5.74, 6) is 0. The molecule has 0 amide bonds. The van der Waals surface area contributed by atoms with Crippen molar-refractivity contribution in [2.24, 2.45) is 0 Å². The van der Waals surface area contributed by atoms with E-state index in [1.54, 1.807) is 12.3 Å². The van der Waals surface area contributed by atoms with E-state index >= 15 is 0 Å². The molecule has 1 aromatic carbocycles. The summed E-state index contributed by atoms with van der Waals surface area (Å²) in [5.41, 5.74) is 1.94. The van der Waals surface area contributed by atoms with Gasteiger partial charge in [0.15, 0.2) is 0 Å². The zero-order valence-electron chi connectivity index (χ0n) is 10.2. The molecule has 0 bridgehead atoms. The van der Waals surface area contributed by atoms with E-state index in [2.05, 4.69) is 9.97 Å². The van der Waals surface area contributed by atoms with Crippen molar-refractivity contribution in [2.75, 3.05) is 0 Å². The number of halogens is 1. The van der Waals surface area contributed by atoms with Gasteiger partial charge in [-0.1, -0.05) is 53.3 Å². The number of nitrogens with zero attached hydrogens (tertiary/aromatic N) is 2. The molecule has 0 aliphatic heterocycles. The van der Waals surface area contributed by atoms with Gasteiger partial charge in [-0.15, -0.1) is 0 Å². The first-order valence-electron chi connectivity index (χ1n) is 5.86. The first-order valence-corrected chi connectivity index (χ1v) is 7.05. The summed E-state index contributed by atoms with van der Waals surface area (Å²) in [4.78, 5) is 8.45. The lowest BCUT2D eigenvalue weighted by Crippen LogP contribution is -2.02. The third-order valence-corrected chi connectivity index (χ3v) is 3.87. The standard InChI is InChI=1S/C14H11ClN2OS/c1-9(10-5-3-2-4-6-10)18-14-17-11-7-13(15)16-8-12(11)19-14/h2-9H,1H3/t9-/m1/s1. The molecule has 0 saturated heterocycles. The Balaban J connectivity index is 1.85. The molecule has 1 atom stereocenters. The van der Waals surface area contributed by atoms with E-state index in [1.165, 1.54) is 11.3 Å². The Labute approximate surface area is 119 Å². The van der Waals surface area contributed by atoms with Crippen molar-refractivity contribution in [1.29, 1.82) is 0 Å². The molecule has 19 heavy (non-hydrogen) atoms. The maximum atomic E-state index is 5.86. The molecule has 2 aromatic heterocycles. The maximum Gasteiger partial charge on any atom is 0.274 e. The van der Waals surface area contributed by atoms with Gasteiger partial charge < -0.3 is 4.74 Å². The van der Waals surface area contributed by atoms with E-state index < -0.39 is 0 Å². The van der Waals surface area contributed by atoms with Crippen molar-refractivity contribution in [2.45, 2.75) is 13.0 Å². The van der Waals surface area contributed by atoms with E-state index in [-0.39, 0.29) is 6.10 Å². The van der Waals surface area contributed by atoms with Gasteiger partial charge in [0.2, 0.25) is 0 Å². The largest absolute Gasteiger partial charge is 0.462 e. The molecule has 0 aliphatic rings. The Bertz CT molecular complexity index is 699. The third kappa shape index (κ3) is 2.69. The van der Waals surface area contributed by atoms with Gasteiger partial charge in [0.1, 0.15) is 11.3 Å². The Kier molecular flexibility index (Phi) is 3.36. The van der Waals surface area contributed by atoms with Gasteiger partial charge in [0.25, 0.3) is 5.19 Å². The van der Waals surface area contributed by atoms with Gasteiger partial charge >= 0.3 is 0 Å². The molecule has 0 spiro atoms. The highest BCUT2D eigenvalue weighted by Crippen LogP contribution is 2.31. The maximum absolute atomic E-state index is 5.86. The zero-order chi connectivity index (χ0) is 13.2. The van der Waals surface area contributed by atoms with Crippen LogP contribution in [0.4, 0.5) is 0 Å². The van der Waals surface area contributed by atoms with Gasteiger partial charge in [-0.3, -0.25) is 0 Å². The molecule has 0 aliphatic carbocycles. The van der Waals surface area contributed by atoms with Crippen LogP contribution >= 0.6 is 22.9 Å². The number of thiazole rings is 1. The summed E-state index contributed by atoms with van der Waals surface area (Å²) in [7, 11) is 0. The summed E-state index contributed by atoms with van der Waals surface area (Å²) in [6.45, 7) is 2.01. The van der Waals surface area contributed by atoms with Crippen molar-refractivity contribution < 1.29 is 4.74 Å². The highest BCUT2D eigenvalue weighted by Gasteiger charge is 2.11. The lowest BCUT2D eigenvalue weighted by Gasteiger charge is -2.11. The van der Waals surface area contributed by atoms with Crippen LogP contribution in [0, 0.1) is 0 Å². The molecule has 3 nitrogen and oxygen atoms in total. The Morgan fingerprint density at radius 3 is 2.84 bits per heavy atom. The molecule has 96 valence electrons. The van der Waals surface area contributed by atoms with Crippen LogP contribution in [0.1, 0.15) is 18.6 Å². The summed E-state index contributed by atoms with van der Waals surface area (Å²) < 4.78 is 6.83. The fourth-order valence-electron chi connectivity index (χ4n) is 1.78. The molecule has 0 N–H and O–H groups in total. The predicted octanol–water partition coefficient (Wildman–Crippen LogP) is 4.48. The second-order valence-corrected chi connectivity index (χ2v) is 5.51. The normalized spacial score (nSPS) is 12.5. The van der Waals surface area contributed by atoms with Crippen LogP contribution in [-0.4, -0.2) is 9.97 Å². The van der Waals surface area contributed by atoms with Gasteiger partial charge in [0, 0.05) is 12.3 Å². The van der Waals surface area contributed by atoms with Crippen LogP contribution in [0.3, 0.4) is 0 Å². The second-order valence-electron chi connectivity index (χ2n) is 4.13. The molecule has 3 rings (SSSR count). The van der Waals surface area contributed by atoms with E-state index in [4.69, 9.17) is 16.3 Å². The van der Waals surface area contributed by atoms with Crippen LogP contribution in [0.25, 0.3) is 10.2 Å². The molecule has 0 radical (unpaired) electrons. The number of rotatable bonds is 3. The van der Waals surface area contributed by atoms with Crippen LogP contribution in [0.2, 0.25) is 5.15 Å². The molecule has 0 unspecified atom stereocenters. The summed E-state index contributed by atoms with van der Waals surface area (Å²) in [6.07, 6.45) is 1.68. The lowest BCUT2D eigenvalue weighted by atomic mass is 10.1. The van der Waals surface area contributed by atoms with Gasteiger partial charge in [-0.05, 0) is 12.5 Å². The highest BCUT2D eigenvalue weighted by atomic mass is 35.5. The van der Waals surface area contributed by atoms with E-state index in [1.807, 2.05) is 37.3 Å². The number of aromatic nitrogens is 2. The fourth-order valence-corrected chi connectivity index (χ4v) is 2.77. The lowest BCUT2D eigenvalue weighted by molar-refractivity contribution is 0.226. The summed E-state index contributed by atoms with van der Waals surface area (Å²) >= 11 is 7.32. The molecule has 0 saturated carbocycles. The van der Waals surface area contributed by atoms with E-state index in [0.29, 0.717) is 10.3 Å². The van der Waals surface area contributed by atoms with Crippen LogP contribution < -0.4 is 4.74 Å². The minimum atomic E-state index is -0.0369. The molecule has 2 heterocycles. The quantitative estimate of drug-likeness (QED) is 0.667. The van der Waals surface area contributed by atoms with Gasteiger partial charge in [-0.2, -0.15) is 0 Å². The smallest absolute Gasteiger partial charge is 0.274 e. The first-order chi connectivity index (χ1) is 9.22. The molecular formula is C14H11ClN2OS. The van der Waals surface area contributed by atoms with E-state index in [0.717, 1.165) is 15.8 Å². The average molecular weight is 291 g/mol. The number of pyridine rings is 1. The van der Waals surface area contributed by atoms with Crippen LogP contribution in [0.5, 0.6) is 5.19 Å². The molecule has 0 fully saturated rings. The van der Waals surface area contributed by atoms with Crippen LogP contribution in [-0.2, 0) is 0 Å². The number of fused-ring (bicyclic) bond motifs is 1. The monoisotopic (exact) mass is 290 g/mol. The first kappa shape index (κ1) is 12.4. The second kappa shape index (κ2) is 5.15. The minimum Gasteiger partial charge on any atom is -0.462 e. The van der Waals surface area contributed by atoms with Gasteiger partial charge in [0.05, 0.1) is 10.2 Å². The average Bonchev–Trinajstić information content (AvgIpc) is 2.81. The van der Waals surface area contributed by atoms with Crippen molar-refractivity contribution >= 4 is 33.2 Å².